The van der Waals surface area contributed by atoms with Gasteiger partial charge in [-0.2, -0.15) is 4.98 Å². The number of rotatable bonds is 1. The normalized spacial score (nSPS) is 11.8. The van der Waals surface area contributed by atoms with Crippen molar-refractivity contribution in [3.8, 4) is 0 Å². The zero-order chi connectivity index (χ0) is 13.5. The largest absolute Gasteiger partial charge is 0.454 e. The van der Waals surface area contributed by atoms with Crippen LogP contribution in [0, 0.1) is 0 Å². The summed E-state index contributed by atoms with van der Waals surface area (Å²) in [6.45, 7) is 5.24. The topological polar surface area (TPSA) is 107 Å². The van der Waals surface area contributed by atoms with Crippen LogP contribution in [0.2, 0.25) is 5.15 Å². The molecular formula is C10H12ClN5O2. The molecule has 0 amide bonds. The first kappa shape index (κ1) is 12.6. The van der Waals surface area contributed by atoms with Crippen molar-refractivity contribution in [3.05, 3.63) is 11.0 Å². The highest BCUT2D eigenvalue weighted by Crippen LogP contribution is 2.19. The van der Waals surface area contributed by atoms with Crippen LogP contribution in [0.3, 0.4) is 0 Å². The molecule has 0 saturated heterocycles. The predicted octanol–water partition coefficient (Wildman–Crippen LogP) is 1.54. The number of anilines is 1. The number of esters is 1. The van der Waals surface area contributed by atoms with Crippen LogP contribution in [0.1, 0.15) is 31.4 Å². The van der Waals surface area contributed by atoms with Crippen molar-refractivity contribution < 1.29 is 9.53 Å². The maximum atomic E-state index is 11.8. The number of halogens is 1. The van der Waals surface area contributed by atoms with E-state index >= 15 is 0 Å². The molecule has 2 rings (SSSR count). The molecule has 2 aromatic rings. The van der Waals surface area contributed by atoms with Crippen LogP contribution in [0.15, 0.2) is 0 Å². The second-order valence-corrected chi connectivity index (χ2v) is 5.02. The fourth-order valence-electron chi connectivity index (χ4n) is 1.30. The van der Waals surface area contributed by atoms with E-state index in [0.29, 0.717) is 5.52 Å². The van der Waals surface area contributed by atoms with E-state index in [4.69, 9.17) is 22.1 Å². The number of ether oxygens (including phenoxy) is 1. The van der Waals surface area contributed by atoms with Crippen LogP contribution in [-0.2, 0) is 4.74 Å². The Hall–Kier alpha value is -1.89. The third kappa shape index (κ3) is 2.51. The molecule has 96 valence electrons. The molecule has 0 spiro atoms. The Morgan fingerprint density at radius 3 is 2.61 bits per heavy atom. The lowest BCUT2D eigenvalue weighted by molar-refractivity contribution is 0.00560. The van der Waals surface area contributed by atoms with E-state index in [9.17, 15) is 4.79 Å². The molecule has 0 fully saturated rings. The molecule has 0 aromatic carbocycles. The molecule has 0 aliphatic rings. The quantitative estimate of drug-likeness (QED) is 0.601. The van der Waals surface area contributed by atoms with Crippen LogP contribution in [0.4, 0.5) is 5.95 Å². The smallest absolute Gasteiger partial charge is 0.377 e. The summed E-state index contributed by atoms with van der Waals surface area (Å²) >= 11 is 5.91. The Morgan fingerprint density at radius 1 is 1.33 bits per heavy atom. The van der Waals surface area contributed by atoms with E-state index in [1.54, 1.807) is 20.8 Å². The van der Waals surface area contributed by atoms with Crippen molar-refractivity contribution in [1.82, 2.24) is 19.9 Å². The molecular weight excluding hydrogens is 258 g/mol. The third-order valence-electron chi connectivity index (χ3n) is 1.91. The van der Waals surface area contributed by atoms with E-state index in [-0.39, 0.29) is 22.6 Å². The van der Waals surface area contributed by atoms with Gasteiger partial charge in [0.05, 0.1) is 0 Å². The highest BCUT2D eigenvalue weighted by Gasteiger charge is 2.22. The van der Waals surface area contributed by atoms with Gasteiger partial charge in [-0.1, -0.05) is 11.6 Å². The second-order valence-electron chi connectivity index (χ2n) is 4.66. The third-order valence-corrected chi connectivity index (χ3v) is 2.18. The summed E-state index contributed by atoms with van der Waals surface area (Å²) in [5.74, 6) is -0.649. The van der Waals surface area contributed by atoms with Gasteiger partial charge in [0, 0.05) is 0 Å². The van der Waals surface area contributed by atoms with Crippen LogP contribution in [0.5, 0.6) is 0 Å². The van der Waals surface area contributed by atoms with Crippen LogP contribution < -0.4 is 5.73 Å². The second kappa shape index (κ2) is 4.09. The number of carbonyl (C=O) groups excluding carboxylic acids is 1. The van der Waals surface area contributed by atoms with Crippen molar-refractivity contribution in [2.45, 2.75) is 26.4 Å². The molecule has 0 radical (unpaired) electrons. The van der Waals surface area contributed by atoms with Gasteiger partial charge in [-0.15, -0.1) is 0 Å². The number of aromatic amines is 1. The standard InChI is InChI=1S/C10H12ClN5O2/c1-10(2,3)18-8(17)7-14-5(11)4-6(15-7)16-9(12)13-4/h1-3H3,(H3,12,13,14,15,16). The molecule has 0 bridgehead atoms. The summed E-state index contributed by atoms with van der Waals surface area (Å²) in [6, 6.07) is 0. The van der Waals surface area contributed by atoms with E-state index in [1.807, 2.05) is 0 Å². The van der Waals surface area contributed by atoms with Gasteiger partial charge >= 0.3 is 5.97 Å². The van der Waals surface area contributed by atoms with Crippen molar-refractivity contribution in [3.63, 3.8) is 0 Å². The Kier molecular flexibility index (Phi) is 2.86. The average molecular weight is 270 g/mol. The summed E-state index contributed by atoms with van der Waals surface area (Å²) in [5, 5.41) is 0.0741. The average Bonchev–Trinajstić information content (AvgIpc) is 2.56. The Labute approximate surface area is 108 Å². The van der Waals surface area contributed by atoms with Crippen LogP contribution >= 0.6 is 11.6 Å². The fraction of sp³-hybridized carbons (Fsp3) is 0.400. The summed E-state index contributed by atoms with van der Waals surface area (Å²) in [4.78, 5) is 26.2. The maximum Gasteiger partial charge on any atom is 0.377 e. The molecule has 7 nitrogen and oxygen atoms in total. The van der Waals surface area contributed by atoms with Crippen molar-refractivity contribution in [2.75, 3.05) is 5.73 Å². The number of carbonyl (C=O) groups is 1. The summed E-state index contributed by atoms with van der Waals surface area (Å²) in [5.41, 5.74) is 5.47. The Morgan fingerprint density at radius 2 is 2.00 bits per heavy atom. The minimum atomic E-state index is -0.659. The minimum absolute atomic E-state index is 0.0741. The Bertz CT molecular complexity index is 616. The monoisotopic (exact) mass is 269 g/mol. The highest BCUT2D eigenvalue weighted by molar-refractivity contribution is 6.33. The maximum absolute atomic E-state index is 11.8. The summed E-state index contributed by atoms with van der Waals surface area (Å²) in [7, 11) is 0. The summed E-state index contributed by atoms with van der Waals surface area (Å²) < 4.78 is 5.14. The molecule has 2 aromatic heterocycles. The number of hydrogen-bond donors (Lipinski definition) is 2. The van der Waals surface area contributed by atoms with Gasteiger partial charge in [0.2, 0.25) is 5.82 Å². The minimum Gasteiger partial charge on any atom is -0.454 e. The summed E-state index contributed by atoms with van der Waals surface area (Å²) in [6.07, 6.45) is 0. The van der Waals surface area contributed by atoms with E-state index in [1.165, 1.54) is 0 Å². The predicted molar refractivity (Wildman–Crippen MR) is 66.3 cm³/mol. The molecule has 0 unspecified atom stereocenters. The molecule has 0 aliphatic carbocycles. The number of fused-ring (bicyclic) bond motifs is 1. The van der Waals surface area contributed by atoms with E-state index in [2.05, 4.69) is 19.9 Å². The fourth-order valence-corrected chi connectivity index (χ4v) is 1.51. The van der Waals surface area contributed by atoms with Crippen LogP contribution in [-0.4, -0.2) is 31.5 Å². The molecule has 3 N–H and O–H groups in total. The van der Waals surface area contributed by atoms with Gasteiger partial charge in [0.15, 0.2) is 16.7 Å². The molecule has 18 heavy (non-hydrogen) atoms. The SMILES string of the molecule is CC(C)(C)OC(=O)c1nc(Cl)c2[nH]c(N)nc2n1. The van der Waals surface area contributed by atoms with Crippen LogP contribution in [0.25, 0.3) is 11.2 Å². The van der Waals surface area contributed by atoms with Crippen molar-refractivity contribution in [1.29, 1.82) is 0 Å². The number of nitrogens with zero attached hydrogens (tertiary/aromatic N) is 3. The zero-order valence-electron chi connectivity index (χ0n) is 10.1. The molecule has 0 atom stereocenters. The van der Waals surface area contributed by atoms with Crippen molar-refractivity contribution in [2.24, 2.45) is 0 Å². The van der Waals surface area contributed by atoms with Gasteiger partial charge in [0.1, 0.15) is 11.1 Å². The Balaban J connectivity index is 2.43. The number of imidazole rings is 1. The van der Waals surface area contributed by atoms with Gasteiger partial charge in [-0.25, -0.2) is 14.8 Å². The number of aromatic nitrogens is 4. The molecule has 0 aliphatic heterocycles. The number of nitrogens with two attached hydrogens (primary N) is 1. The van der Waals surface area contributed by atoms with Gasteiger partial charge < -0.3 is 15.5 Å². The lowest BCUT2D eigenvalue weighted by atomic mass is 10.2. The molecule has 2 heterocycles. The lowest BCUT2D eigenvalue weighted by Gasteiger charge is -2.18. The number of nitrogen functional groups attached to an aromatic ring is 1. The zero-order valence-corrected chi connectivity index (χ0v) is 10.9. The number of H-pyrrole nitrogens is 1. The lowest BCUT2D eigenvalue weighted by Crippen LogP contribution is -2.25. The number of hydrogen-bond acceptors (Lipinski definition) is 6. The van der Waals surface area contributed by atoms with Gasteiger partial charge in [-0.3, -0.25) is 0 Å². The van der Waals surface area contributed by atoms with Gasteiger partial charge in [0.25, 0.3) is 0 Å². The first-order valence-electron chi connectivity index (χ1n) is 5.18. The molecule has 8 heteroatoms. The number of nitrogens with one attached hydrogen (secondary N) is 1. The first-order valence-corrected chi connectivity index (χ1v) is 5.56. The molecule has 0 saturated carbocycles. The van der Waals surface area contributed by atoms with Gasteiger partial charge in [-0.05, 0) is 20.8 Å². The van der Waals surface area contributed by atoms with Crippen molar-refractivity contribution >= 4 is 34.7 Å². The first-order chi connectivity index (χ1) is 8.26. The van der Waals surface area contributed by atoms with E-state index in [0.717, 1.165) is 0 Å². The highest BCUT2D eigenvalue weighted by atomic mass is 35.5. The van der Waals surface area contributed by atoms with E-state index < -0.39 is 11.6 Å².